The van der Waals surface area contributed by atoms with Gasteiger partial charge < -0.3 is 15.1 Å². The van der Waals surface area contributed by atoms with Crippen molar-refractivity contribution >= 4 is 17.3 Å². The molecule has 1 amide bonds. The second-order valence-corrected chi connectivity index (χ2v) is 5.90. The topological polar surface area (TPSA) is 85.2 Å². The van der Waals surface area contributed by atoms with Crippen molar-refractivity contribution in [3.05, 3.63) is 53.6 Å². The van der Waals surface area contributed by atoms with E-state index in [4.69, 9.17) is 0 Å². The Balaban J connectivity index is 2.11. The number of anilines is 1. The van der Waals surface area contributed by atoms with Crippen LogP contribution in [0.5, 0.6) is 11.5 Å². The van der Waals surface area contributed by atoms with Crippen molar-refractivity contribution in [3.63, 3.8) is 0 Å². The fraction of sp³-hybridized carbons (Fsp3) is 0.300. The van der Waals surface area contributed by atoms with Crippen LogP contribution in [0.2, 0.25) is 0 Å². The van der Waals surface area contributed by atoms with Crippen LogP contribution in [0.25, 0.3) is 0 Å². The van der Waals surface area contributed by atoms with E-state index in [9.17, 15) is 15.0 Å². The fourth-order valence-electron chi connectivity index (χ4n) is 2.62. The standard InChI is InChI=1S/C20H25N3O3/c1-4-17(16-11-12-18(24)14(3)20(16)26)21-22-19(25)13-23(5-2)15-9-7-6-8-10-15/h6-12,24,26H,4-5,13H2,1-3H3,(H,22,25)/b21-17+. The lowest BCUT2D eigenvalue weighted by Crippen LogP contribution is -2.35. The zero-order chi connectivity index (χ0) is 19.1. The number of nitrogens with zero attached hydrogens (tertiary/aromatic N) is 2. The van der Waals surface area contributed by atoms with Crippen molar-refractivity contribution in [1.29, 1.82) is 0 Å². The number of amides is 1. The lowest BCUT2D eigenvalue weighted by Gasteiger charge is -2.21. The number of phenolic OH excluding ortho intramolecular Hbond substituents is 2. The average Bonchev–Trinajstić information content (AvgIpc) is 2.66. The number of rotatable bonds is 7. The molecule has 26 heavy (non-hydrogen) atoms. The summed E-state index contributed by atoms with van der Waals surface area (Å²) in [6, 6.07) is 12.8. The minimum Gasteiger partial charge on any atom is -0.508 e. The summed E-state index contributed by atoms with van der Waals surface area (Å²) in [5, 5.41) is 24.0. The van der Waals surface area contributed by atoms with E-state index < -0.39 is 0 Å². The van der Waals surface area contributed by atoms with Crippen molar-refractivity contribution in [2.45, 2.75) is 27.2 Å². The van der Waals surface area contributed by atoms with Crippen LogP contribution in [0.4, 0.5) is 5.69 Å². The smallest absolute Gasteiger partial charge is 0.259 e. The molecule has 0 aliphatic rings. The Morgan fingerprint density at radius 1 is 1.12 bits per heavy atom. The van der Waals surface area contributed by atoms with Gasteiger partial charge in [-0.1, -0.05) is 25.1 Å². The van der Waals surface area contributed by atoms with Gasteiger partial charge in [-0.25, -0.2) is 5.43 Å². The molecule has 0 aliphatic heterocycles. The summed E-state index contributed by atoms with van der Waals surface area (Å²) in [5.41, 5.74) is 4.96. The number of para-hydroxylation sites is 1. The maximum atomic E-state index is 12.3. The van der Waals surface area contributed by atoms with Crippen LogP contribution in [0.3, 0.4) is 0 Å². The van der Waals surface area contributed by atoms with E-state index >= 15 is 0 Å². The molecule has 2 aromatic carbocycles. The molecule has 6 heteroatoms. The summed E-state index contributed by atoms with van der Waals surface area (Å²) in [6.45, 7) is 6.37. The number of carbonyl (C=O) groups excluding carboxylic acids is 1. The molecule has 0 bridgehead atoms. The van der Waals surface area contributed by atoms with Gasteiger partial charge >= 0.3 is 0 Å². The molecule has 138 valence electrons. The summed E-state index contributed by atoms with van der Waals surface area (Å²) in [7, 11) is 0. The summed E-state index contributed by atoms with van der Waals surface area (Å²) in [6.07, 6.45) is 0.522. The Morgan fingerprint density at radius 2 is 1.81 bits per heavy atom. The maximum absolute atomic E-state index is 12.3. The third-order valence-electron chi connectivity index (χ3n) is 4.20. The van der Waals surface area contributed by atoms with Crippen molar-refractivity contribution in [2.75, 3.05) is 18.0 Å². The predicted octanol–water partition coefficient (Wildman–Crippen LogP) is 3.16. The SMILES string of the molecule is CC/C(=N\NC(=O)CN(CC)c1ccccc1)c1ccc(O)c(C)c1O. The Labute approximate surface area is 153 Å². The largest absolute Gasteiger partial charge is 0.508 e. The lowest BCUT2D eigenvalue weighted by molar-refractivity contribution is -0.119. The first kappa shape index (κ1) is 19.3. The molecule has 0 atom stereocenters. The Hall–Kier alpha value is -3.02. The Morgan fingerprint density at radius 3 is 2.42 bits per heavy atom. The van der Waals surface area contributed by atoms with Gasteiger partial charge in [-0.2, -0.15) is 5.10 Å². The fourth-order valence-corrected chi connectivity index (χ4v) is 2.62. The van der Waals surface area contributed by atoms with Crippen molar-refractivity contribution < 1.29 is 15.0 Å². The molecule has 0 aromatic heterocycles. The Kier molecular flexibility index (Phi) is 6.60. The number of hydrogen-bond acceptors (Lipinski definition) is 5. The summed E-state index contributed by atoms with van der Waals surface area (Å²) < 4.78 is 0. The monoisotopic (exact) mass is 355 g/mol. The van der Waals surface area contributed by atoms with Gasteiger partial charge in [-0.05, 0) is 44.5 Å². The number of carbonyl (C=O) groups is 1. The zero-order valence-corrected chi connectivity index (χ0v) is 15.4. The van der Waals surface area contributed by atoms with Gasteiger partial charge in [-0.15, -0.1) is 0 Å². The number of hydrazone groups is 1. The highest BCUT2D eigenvalue weighted by atomic mass is 16.3. The zero-order valence-electron chi connectivity index (χ0n) is 15.4. The van der Waals surface area contributed by atoms with Crippen LogP contribution in [-0.2, 0) is 4.79 Å². The molecule has 0 aliphatic carbocycles. The second-order valence-electron chi connectivity index (χ2n) is 5.90. The van der Waals surface area contributed by atoms with Gasteiger partial charge in [0.1, 0.15) is 11.5 Å². The number of phenols is 2. The predicted molar refractivity (Wildman–Crippen MR) is 104 cm³/mol. The molecular weight excluding hydrogens is 330 g/mol. The average molecular weight is 355 g/mol. The normalized spacial score (nSPS) is 11.3. The second kappa shape index (κ2) is 8.89. The number of likely N-dealkylation sites (N-methyl/N-ethyl adjacent to an activating group) is 1. The molecule has 0 spiro atoms. The van der Waals surface area contributed by atoms with E-state index in [1.54, 1.807) is 13.0 Å². The van der Waals surface area contributed by atoms with E-state index in [0.717, 1.165) is 5.69 Å². The molecule has 0 radical (unpaired) electrons. The van der Waals surface area contributed by atoms with Crippen molar-refractivity contribution in [3.8, 4) is 11.5 Å². The first-order valence-corrected chi connectivity index (χ1v) is 8.65. The van der Waals surface area contributed by atoms with Gasteiger partial charge in [0.25, 0.3) is 5.91 Å². The van der Waals surface area contributed by atoms with E-state index in [0.29, 0.717) is 29.8 Å². The summed E-state index contributed by atoms with van der Waals surface area (Å²) >= 11 is 0. The van der Waals surface area contributed by atoms with E-state index in [1.165, 1.54) is 6.07 Å². The molecule has 6 nitrogen and oxygen atoms in total. The van der Waals surface area contributed by atoms with Gasteiger partial charge in [0, 0.05) is 23.4 Å². The first-order chi connectivity index (χ1) is 12.5. The highest BCUT2D eigenvalue weighted by Gasteiger charge is 2.14. The Bertz CT molecular complexity index is 788. The number of aromatic hydroxyl groups is 2. The molecule has 0 saturated carbocycles. The van der Waals surface area contributed by atoms with Crippen LogP contribution in [0.15, 0.2) is 47.6 Å². The third kappa shape index (κ3) is 4.53. The molecule has 2 aromatic rings. The highest BCUT2D eigenvalue weighted by molar-refractivity contribution is 6.03. The molecule has 2 rings (SSSR count). The van der Waals surface area contributed by atoms with Gasteiger partial charge in [-0.3, -0.25) is 4.79 Å². The maximum Gasteiger partial charge on any atom is 0.259 e. The quantitative estimate of drug-likeness (QED) is 0.526. The minimum atomic E-state index is -0.239. The van der Waals surface area contributed by atoms with E-state index in [-0.39, 0.29) is 24.0 Å². The van der Waals surface area contributed by atoms with Crippen molar-refractivity contribution in [2.24, 2.45) is 5.10 Å². The van der Waals surface area contributed by atoms with Crippen molar-refractivity contribution in [1.82, 2.24) is 5.43 Å². The minimum absolute atomic E-state index is 0.0205. The van der Waals surface area contributed by atoms with Crippen LogP contribution in [0, 0.1) is 6.92 Å². The number of hydrogen-bond donors (Lipinski definition) is 3. The molecule has 3 N–H and O–H groups in total. The van der Waals surface area contributed by atoms with Gasteiger partial charge in [0.2, 0.25) is 0 Å². The summed E-state index contributed by atoms with van der Waals surface area (Å²) in [4.78, 5) is 14.2. The van der Waals surface area contributed by atoms with Gasteiger partial charge in [0.15, 0.2) is 0 Å². The van der Waals surface area contributed by atoms with Crippen LogP contribution < -0.4 is 10.3 Å². The first-order valence-electron chi connectivity index (χ1n) is 8.65. The molecule has 0 saturated heterocycles. The summed E-state index contributed by atoms with van der Waals surface area (Å²) in [5.74, 6) is -0.247. The molecule has 0 fully saturated rings. The van der Waals surface area contributed by atoms with E-state index in [1.807, 2.05) is 49.1 Å². The highest BCUT2D eigenvalue weighted by Crippen LogP contribution is 2.30. The molecule has 0 heterocycles. The van der Waals surface area contributed by atoms with Gasteiger partial charge in [0.05, 0.1) is 12.3 Å². The molecule has 0 unspecified atom stereocenters. The van der Waals surface area contributed by atoms with Crippen LogP contribution in [0.1, 0.15) is 31.4 Å². The third-order valence-corrected chi connectivity index (χ3v) is 4.20. The number of nitrogens with one attached hydrogen (secondary N) is 1. The number of benzene rings is 2. The van der Waals surface area contributed by atoms with E-state index in [2.05, 4.69) is 10.5 Å². The van der Waals surface area contributed by atoms with Crippen LogP contribution >= 0.6 is 0 Å². The molecular formula is C20H25N3O3. The van der Waals surface area contributed by atoms with Crippen LogP contribution in [-0.4, -0.2) is 34.9 Å². The lowest BCUT2D eigenvalue weighted by atomic mass is 10.0.